The van der Waals surface area contributed by atoms with Crippen LogP contribution in [0, 0.1) is 6.92 Å². The van der Waals surface area contributed by atoms with Gasteiger partial charge in [-0.1, -0.05) is 37.3 Å². The van der Waals surface area contributed by atoms with Crippen molar-refractivity contribution < 1.29 is 14.1 Å². The summed E-state index contributed by atoms with van der Waals surface area (Å²) in [5, 5.41) is 7.20. The summed E-state index contributed by atoms with van der Waals surface area (Å²) in [6, 6.07) is 0. The molecule has 1 aromatic heterocycles. The third kappa shape index (κ3) is 3.48. The van der Waals surface area contributed by atoms with E-state index in [9.17, 15) is 4.79 Å². The van der Waals surface area contributed by atoms with Gasteiger partial charge in [-0.2, -0.15) is 4.98 Å². The highest BCUT2D eigenvalue weighted by atomic mass is 16.5. The van der Waals surface area contributed by atoms with Gasteiger partial charge in [-0.25, -0.2) is 0 Å². The molecular weight excluding hydrogens is 282 g/mol. The number of nitrogens with zero attached hydrogens (tertiary/aromatic N) is 2. The van der Waals surface area contributed by atoms with Gasteiger partial charge in [0.05, 0.1) is 6.10 Å². The lowest BCUT2D eigenvalue weighted by Crippen LogP contribution is -2.49. The van der Waals surface area contributed by atoms with E-state index in [0.717, 1.165) is 38.5 Å². The Balaban J connectivity index is 1.63. The fourth-order valence-corrected chi connectivity index (χ4v) is 3.60. The van der Waals surface area contributed by atoms with Crippen molar-refractivity contribution in [3.05, 3.63) is 11.7 Å². The molecule has 0 bridgehead atoms. The van der Waals surface area contributed by atoms with Crippen molar-refractivity contribution in [3.8, 4) is 0 Å². The minimum Gasteiger partial charge on any atom is -0.368 e. The summed E-state index contributed by atoms with van der Waals surface area (Å²) >= 11 is 0. The molecule has 2 fully saturated rings. The SMILES string of the molecule is Cc1nc(C2(NC(=O)COC3CCCC3)CCCCC2)no1. The predicted molar refractivity (Wildman–Crippen MR) is 80.1 cm³/mol. The number of amides is 1. The van der Waals surface area contributed by atoms with Crippen LogP contribution in [-0.4, -0.2) is 28.8 Å². The van der Waals surface area contributed by atoms with Crippen LogP contribution in [0.4, 0.5) is 0 Å². The normalized spacial score (nSPS) is 21.9. The Bertz CT molecular complexity index is 502. The highest BCUT2D eigenvalue weighted by Crippen LogP contribution is 2.35. The molecule has 22 heavy (non-hydrogen) atoms. The first-order valence-corrected chi connectivity index (χ1v) is 8.41. The topological polar surface area (TPSA) is 77.2 Å². The van der Waals surface area contributed by atoms with Gasteiger partial charge in [-0.05, 0) is 25.7 Å². The van der Waals surface area contributed by atoms with E-state index in [1.54, 1.807) is 6.92 Å². The Morgan fingerprint density at radius 3 is 2.64 bits per heavy atom. The van der Waals surface area contributed by atoms with E-state index in [4.69, 9.17) is 9.26 Å². The Hall–Kier alpha value is -1.43. The van der Waals surface area contributed by atoms with Crippen LogP contribution in [0.2, 0.25) is 0 Å². The van der Waals surface area contributed by atoms with Crippen molar-refractivity contribution in [2.45, 2.75) is 76.4 Å². The fourth-order valence-electron chi connectivity index (χ4n) is 3.60. The van der Waals surface area contributed by atoms with Crippen molar-refractivity contribution in [1.29, 1.82) is 0 Å². The molecule has 2 aliphatic carbocycles. The van der Waals surface area contributed by atoms with Gasteiger partial charge in [-0.15, -0.1) is 0 Å². The number of nitrogens with one attached hydrogen (secondary N) is 1. The van der Waals surface area contributed by atoms with E-state index in [0.29, 0.717) is 11.7 Å². The van der Waals surface area contributed by atoms with E-state index in [2.05, 4.69) is 15.5 Å². The van der Waals surface area contributed by atoms with Crippen LogP contribution in [0.5, 0.6) is 0 Å². The van der Waals surface area contributed by atoms with E-state index in [1.807, 2.05) is 0 Å². The molecule has 0 spiro atoms. The second-order valence-corrected chi connectivity index (χ2v) is 6.55. The molecule has 6 nitrogen and oxygen atoms in total. The van der Waals surface area contributed by atoms with Gasteiger partial charge in [0, 0.05) is 6.92 Å². The summed E-state index contributed by atoms with van der Waals surface area (Å²) in [5.74, 6) is 1.08. The van der Waals surface area contributed by atoms with E-state index >= 15 is 0 Å². The first-order chi connectivity index (χ1) is 10.7. The maximum absolute atomic E-state index is 12.3. The lowest BCUT2D eigenvalue weighted by molar-refractivity contribution is -0.130. The highest BCUT2D eigenvalue weighted by molar-refractivity contribution is 5.78. The molecule has 2 aliphatic rings. The van der Waals surface area contributed by atoms with Crippen molar-refractivity contribution in [1.82, 2.24) is 15.5 Å². The molecule has 2 saturated carbocycles. The number of ether oxygens (including phenoxy) is 1. The molecular formula is C16H25N3O3. The molecule has 0 saturated heterocycles. The van der Waals surface area contributed by atoms with Crippen LogP contribution in [-0.2, 0) is 15.1 Å². The van der Waals surface area contributed by atoms with Gasteiger partial charge < -0.3 is 14.6 Å². The molecule has 0 atom stereocenters. The van der Waals surface area contributed by atoms with Crippen molar-refractivity contribution in [2.75, 3.05) is 6.61 Å². The van der Waals surface area contributed by atoms with Crippen molar-refractivity contribution >= 4 is 5.91 Å². The Kier molecular flexibility index (Phi) is 4.76. The number of aromatic nitrogens is 2. The van der Waals surface area contributed by atoms with Crippen LogP contribution in [0.3, 0.4) is 0 Å². The van der Waals surface area contributed by atoms with Crippen LogP contribution in [0.1, 0.15) is 69.5 Å². The second kappa shape index (κ2) is 6.77. The summed E-state index contributed by atoms with van der Waals surface area (Å²) in [5.41, 5.74) is -0.480. The molecule has 0 aliphatic heterocycles. The molecule has 0 unspecified atom stereocenters. The van der Waals surface area contributed by atoms with Crippen molar-refractivity contribution in [3.63, 3.8) is 0 Å². The number of carbonyl (C=O) groups excluding carboxylic acids is 1. The summed E-state index contributed by atoms with van der Waals surface area (Å²) in [6.45, 7) is 1.90. The summed E-state index contributed by atoms with van der Waals surface area (Å²) in [4.78, 5) is 16.7. The van der Waals surface area contributed by atoms with E-state index in [1.165, 1.54) is 19.3 Å². The number of aryl methyl sites for hydroxylation is 1. The number of carbonyl (C=O) groups is 1. The van der Waals surface area contributed by atoms with Crippen LogP contribution in [0.25, 0.3) is 0 Å². The van der Waals surface area contributed by atoms with Gasteiger partial charge in [0.15, 0.2) is 5.82 Å². The summed E-state index contributed by atoms with van der Waals surface area (Å²) in [7, 11) is 0. The van der Waals surface area contributed by atoms with E-state index in [-0.39, 0.29) is 18.6 Å². The lowest BCUT2D eigenvalue weighted by atomic mass is 9.81. The number of hydrogen-bond donors (Lipinski definition) is 1. The zero-order valence-electron chi connectivity index (χ0n) is 13.3. The van der Waals surface area contributed by atoms with Gasteiger partial charge in [0.2, 0.25) is 11.8 Å². The average molecular weight is 307 g/mol. The maximum atomic E-state index is 12.3. The summed E-state index contributed by atoms with van der Waals surface area (Å²) < 4.78 is 10.8. The Morgan fingerprint density at radius 2 is 2.00 bits per heavy atom. The molecule has 1 aromatic rings. The van der Waals surface area contributed by atoms with Crippen LogP contribution >= 0.6 is 0 Å². The Labute approximate surface area is 131 Å². The minimum atomic E-state index is -0.480. The zero-order valence-corrected chi connectivity index (χ0v) is 13.3. The van der Waals surface area contributed by atoms with E-state index < -0.39 is 5.54 Å². The zero-order chi connectivity index (χ0) is 15.4. The summed E-state index contributed by atoms with van der Waals surface area (Å²) in [6.07, 6.45) is 9.85. The first kappa shape index (κ1) is 15.5. The molecule has 3 rings (SSSR count). The average Bonchev–Trinajstić information content (AvgIpc) is 3.17. The van der Waals surface area contributed by atoms with Crippen LogP contribution in [0.15, 0.2) is 4.52 Å². The largest absolute Gasteiger partial charge is 0.368 e. The molecule has 1 amide bonds. The van der Waals surface area contributed by atoms with Gasteiger partial charge in [-0.3, -0.25) is 4.79 Å². The minimum absolute atomic E-state index is 0.0729. The Morgan fingerprint density at radius 1 is 1.27 bits per heavy atom. The van der Waals surface area contributed by atoms with Crippen LogP contribution < -0.4 is 5.32 Å². The lowest BCUT2D eigenvalue weighted by Gasteiger charge is -2.35. The third-order valence-corrected chi connectivity index (χ3v) is 4.79. The van der Waals surface area contributed by atoms with Gasteiger partial charge >= 0.3 is 0 Å². The first-order valence-electron chi connectivity index (χ1n) is 8.41. The van der Waals surface area contributed by atoms with Gasteiger partial charge in [0.25, 0.3) is 0 Å². The highest BCUT2D eigenvalue weighted by Gasteiger charge is 2.39. The smallest absolute Gasteiger partial charge is 0.246 e. The fraction of sp³-hybridized carbons (Fsp3) is 0.812. The number of rotatable bonds is 5. The molecule has 1 heterocycles. The molecule has 6 heteroatoms. The standard InChI is InChI=1S/C16H25N3O3/c1-12-17-15(19-22-12)16(9-5-2-6-10-16)18-14(20)11-21-13-7-3-4-8-13/h13H,2-11H2,1H3,(H,18,20). The van der Waals surface area contributed by atoms with Crippen molar-refractivity contribution in [2.24, 2.45) is 0 Å². The predicted octanol–water partition coefficient (Wildman–Crippen LogP) is 2.61. The molecule has 1 N–H and O–H groups in total. The molecule has 0 aromatic carbocycles. The second-order valence-electron chi connectivity index (χ2n) is 6.55. The maximum Gasteiger partial charge on any atom is 0.246 e. The van der Waals surface area contributed by atoms with Gasteiger partial charge in [0.1, 0.15) is 12.1 Å². The monoisotopic (exact) mass is 307 g/mol. The molecule has 0 radical (unpaired) electrons. The third-order valence-electron chi connectivity index (χ3n) is 4.79. The number of hydrogen-bond acceptors (Lipinski definition) is 5. The quantitative estimate of drug-likeness (QED) is 0.904. The molecule has 122 valence electrons.